The normalized spacial score (nSPS) is 12.1. The van der Waals surface area contributed by atoms with Crippen molar-refractivity contribution in [3.05, 3.63) is 33.9 Å². The lowest BCUT2D eigenvalue weighted by atomic mass is 10.2. The molecule has 1 N–H and O–H groups in total. The van der Waals surface area contributed by atoms with Crippen LogP contribution in [0.3, 0.4) is 0 Å². The molecule has 0 saturated heterocycles. The van der Waals surface area contributed by atoms with Crippen LogP contribution in [-0.2, 0) is 4.79 Å². The first kappa shape index (κ1) is 16.7. The number of nitrogens with zero attached hydrogens (tertiary/aromatic N) is 1. The highest BCUT2D eigenvalue weighted by Gasteiger charge is 2.63. The number of nitrogens with one attached hydrogen (secondary N) is 1. The predicted molar refractivity (Wildman–Crippen MR) is 52.6 cm³/mol. The Balaban J connectivity index is 3.26. The second-order valence-electron chi connectivity index (χ2n) is 3.57. The number of carbonyl (C=O) groups excluding carboxylic acids is 1. The first-order valence-corrected chi connectivity index (χ1v) is 4.77. The Hall–Kier alpha value is -2.40. The van der Waals surface area contributed by atoms with Crippen molar-refractivity contribution in [2.75, 3.05) is 5.32 Å². The summed E-state index contributed by atoms with van der Waals surface area (Å²) in [6, 6.07) is 0.0127. The van der Waals surface area contributed by atoms with Crippen molar-refractivity contribution >= 4 is 17.3 Å². The van der Waals surface area contributed by atoms with E-state index >= 15 is 0 Å². The van der Waals surface area contributed by atoms with Crippen molar-refractivity contribution < 1.29 is 40.5 Å². The number of amides is 1. The molecule has 0 radical (unpaired) electrons. The molecule has 0 saturated carbocycles. The van der Waals surface area contributed by atoms with Gasteiger partial charge in [0.25, 0.3) is 5.69 Å². The molecule has 0 heterocycles. The summed E-state index contributed by atoms with van der Waals surface area (Å²) >= 11 is 0. The van der Waals surface area contributed by atoms with E-state index in [1.807, 2.05) is 0 Å². The van der Waals surface area contributed by atoms with Crippen molar-refractivity contribution in [1.82, 2.24) is 0 Å². The van der Waals surface area contributed by atoms with Crippen LogP contribution in [0.4, 0.5) is 42.1 Å². The van der Waals surface area contributed by atoms with Crippen LogP contribution >= 0.6 is 0 Å². The molecule has 21 heavy (non-hydrogen) atoms. The van der Waals surface area contributed by atoms with Crippen molar-refractivity contribution in [1.29, 1.82) is 0 Å². The standard InChI is InChI=1S/C9H3F7N2O3/c10-3-1-4(11)6(5(2-3)18(20)21)17-7(19)8(12,13)9(14,15)16/h1-2H,(H,17,19). The Labute approximate surface area is 110 Å². The third-order valence-electron chi connectivity index (χ3n) is 2.11. The molecule has 5 nitrogen and oxygen atoms in total. The van der Waals surface area contributed by atoms with Gasteiger partial charge in [0, 0.05) is 6.07 Å². The van der Waals surface area contributed by atoms with Crippen LogP contribution in [0.15, 0.2) is 12.1 Å². The molecule has 0 aromatic heterocycles. The molecular weight excluding hydrogens is 317 g/mol. The summed E-state index contributed by atoms with van der Waals surface area (Å²) in [6.07, 6.45) is -6.29. The largest absolute Gasteiger partial charge is 0.463 e. The molecule has 0 aliphatic heterocycles. The van der Waals surface area contributed by atoms with Gasteiger partial charge in [0.1, 0.15) is 5.82 Å². The molecule has 0 unspecified atom stereocenters. The average Bonchev–Trinajstić information content (AvgIpc) is 2.30. The number of nitro benzene ring substituents is 1. The van der Waals surface area contributed by atoms with Gasteiger partial charge in [-0.2, -0.15) is 22.0 Å². The Bertz CT molecular complexity index is 600. The maximum atomic E-state index is 13.2. The number of rotatable bonds is 3. The Morgan fingerprint density at radius 3 is 2.10 bits per heavy atom. The maximum absolute atomic E-state index is 13.2. The molecule has 0 aliphatic rings. The fourth-order valence-electron chi connectivity index (χ4n) is 1.15. The van der Waals surface area contributed by atoms with Gasteiger partial charge in [-0.3, -0.25) is 14.9 Å². The lowest BCUT2D eigenvalue weighted by molar-refractivity contribution is -0.384. The lowest BCUT2D eigenvalue weighted by Gasteiger charge is -2.18. The number of benzene rings is 1. The maximum Gasteiger partial charge on any atom is 0.463 e. The molecule has 0 spiro atoms. The van der Waals surface area contributed by atoms with E-state index in [1.165, 1.54) is 0 Å². The summed E-state index contributed by atoms with van der Waals surface area (Å²) in [7, 11) is 0. The number of hydrogen-bond donors (Lipinski definition) is 1. The van der Waals surface area contributed by atoms with Crippen LogP contribution in [0.5, 0.6) is 0 Å². The minimum absolute atomic E-state index is 0.0334. The molecule has 1 aromatic rings. The zero-order valence-electron chi connectivity index (χ0n) is 9.47. The highest BCUT2D eigenvalue weighted by Crippen LogP contribution is 2.37. The Morgan fingerprint density at radius 2 is 1.67 bits per heavy atom. The SMILES string of the molecule is O=C(Nc1c(F)cc(F)cc1[N+](=O)[O-])C(F)(F)C(F)(F)F. The molecule has 1 rings (SSSR count). The molecule has 0 atom stereocenters. The summed E-state index contributed by atoms with van der Waals surface area (Å²) < 4.78 is 87.0. The van der Waals surface area contributed by atoms with E-state index in [0.29, 0.717) is 0 Å². The molecule has 1 aromatic carbocycles. The number of carbonyl (C=O) groups is 1. The number of hydrogen-bond acceptors (Lipinski definition) is 3. The zero-order valence-corrected chi connectivity index (χ0v) is 9.47. The quantitative estimate of drug-likeness (QED) is 0.529. The summed E-state index contributed by atoms with van der Waals surface area (Å²) in [5.41, 5.74) is -3.12. The molecule has 116 valence electrons. The van der Waals surface area contributed by atoms with Gasteiger partial charge in [0.15, 0.2) is 11.5 Å². The van der Waals surface area contributed by atoms with Crippen LogP contribution in [0.25, 0.3) is 0 Å². The first-order valence-electron chi connectivity index (χ1n) is 4.77. The van der Waals surface area contributed by atoms with Crippen LogP contribution in [-0.4, -0.2) is 22.9 Å². The van der Waals surface area contributed by atoms with Gasteiger partial charge in [-0.25, -0.2) is 8.78 Å². The van der Waals surface area contributed by atoms with E-state index in [1.54, 1.807) is 0 Å². The van der Waals surface area contributed by atoms with E-state index in [0.717, 1.165) is 5.32 Å². The van der Waals surface area contributed by atoms with E-state index in [9.17, 15) is 45.6 Å². The van der Waals surface area contributed by atoms with Gasteiger partial charge in [0.05, 0.1) is 11.0 Å². The number of alkyl halides is 5. The van der Waals surface area contributed by atoms with Gasteiger partial charge in [-0.1, -0.05) is 0 Å². The van der Waals surface area contributed by atoms with Gasteiger partial charge >= 0.3 is 18.0 Å². The summed E-state index contributed by atoms with van der Waals surface area (Å²) in [4.78, 5) is 19.8. The van der Waals surface area contributed by atoms with Crippen LogP contribution in [0, 0.1) is 21.7 Å². The Morgan fingerprint density at radius 1 is 1.14 bits per heavy atom. The van der Waals surface area contributed by atoms with Crippen LogP contribution in [0.1, 0.15) is 0 Å². The smallest absolute Gasteiger partial charge is 0.312 e. The van der Waals surface area contributed by atoms with Crippen LogP contribution in [0.2, 0.25) is 0 Å². The number of anilines is 1. The highest BCUT2D eigenvalue weighted by atomic mass is 19.4. The van der Waals surface area contributed by atoms with Gasteiger partial charge in [0.2, 0.25) is 0 Å². The zero-order chi connectivity index (χ0) is 16.6. The minimum Gasteiger partial charge on any atom is -0.312 e. The fourth-order valence-corrected chi connectivity index (χ4v) is 1.15. The second kappa shape index (κ2) is 5.18. The van der Waals surface area contributed by atoms with Crippen molar-refractivity contribution in [2.24, 2.45) is 0 Å². The number of halogens is 7. The first-order chi connectivity index (χ1) is 9.37. The monoisotopic (exact) mass is 320 g/mol. The fraction of sp³-hybridized carbons (Fsp3) is 0.222. The second-order valence-corrected chi connectivity index (χ2v) is 3.57. The van der Waals surface area contributed by atoms with Crippen molar-refractivity contribution in [3.8, 4) is 0 Å². The molecule has 12 heteroatoms. The topological polar surface area (TPSA) is 72.2 Å². The van der Waals surface area contributed by atoms with E-state index < -0.39 is 45.9 Å². The summed E-state index contributed by atoms with van der Waals surface area (Å²) in [6.45, 7) is 0. The average molecular weight is 320 g/mol. The minimum atomic E-state index is -6.29. The lowest BCUT2D eigenvalue weighted by Crippen LogP contribution is -2.47. The number of nitro groups is 1. The molecular formula is C9H3F7N2O3. The third kappa shape index (κ3) is 3.20. The highest BCUT2D eigenvalue weighted by molar-refractivity contribution is 5.98. The predicted octanol–water partition coefficient (Wildman–Crippen LogP) is 3.01. The van der Waals surface area contributed by atoms with Crippen molar-refractivity contribution in [2.45, 2.75) is 12.1 Å². The van der Waals surface area contributed by atoms with Crippen LogP contribution < -0.4 is 5.32 Å². The summed E-state index contributed by atoms with van der Waals surface area (Å²) in [5, 5.41) is 11.2. The van der Waals surface area contributed by atoms with E-state index in [-0.39, 0.29) is 12.1 Å². The van der Waals surface area contributed by atoms with E-state index in [4.69, 9.17) is 0 Å². The molecule has 0 bridgehead atoms. The van der Waals surface area contributed by atoms with Gasteiger partial charge < -0.3 is 5.32 Å². The molecule has 0 fully saturated rings. The summed E-state index contributed by atoms with van der Waals surface area (Å²) in [5.74, 6) is -12.3. The molecule has 1 amide bonds. The third-order valence-corrected chi connectivity index (χ3v) is 2.11. The van der Waals surface area contributed by atoms with Gasteiger partial charge in [-0.05, 0) is 0 Å². The van der Waals surface area contributed by atoms with Crippen molar-refractivity contribution in [3.63, 3.8) is 0 Å². The van der Waals surface area contributed by atoms with Gasteiger partial charge in [-0.15, -0.1) is 0 Å². The van der Waals surface area contributed by atoms with E-state index in [2.05, 4.69) is 0 Å². The Kier molecular flexibility index (Phi) is 4.11. The molecule has 0 aliphatic carbocycles.